The highest BCUT2D eigenvalue weighted by Crippen LogP contribution is 2.28. The zero-order valence-corrected chi connectivity index (χ0v) is 14.4. The predicted molar refractivity (Wildman–Crippen MR) is 92.3 cm³/mol. The normalized spacial score (nSPS) is 19.2. The number of sulfonamides is 1. The fraction of sp³-hybridized carbons (Fsp3) is 0.467. The van der Waals surface area contributed by atoms with E-state index in [-0.39, 0.29) is 11.2 Å². The van der Waals surface area contributed by atoms with E-state index in [1.165, 1.54) is 6.26 Å². The van der Waals surface area contributed by atoms with Crippen molar-refractivity contribution in [3.63, 3.8) is 0 Å². The standard InChI is InChI=1S/C15H19ClN4O2S/c1-23(21,22)17-9-11-5-4-8-20(10-11)14-12-6-2-3-7-13(12)18-15(16)19-14/h2-3,6-7,11,17H,4-5,8-10H2,1H3. The van der Waals surface area contributed by atoms with Crippen LogP contribution < -0.4 is 9.62 Å². The van der Waals surface area contributed by atoms with Crippen LogP contribution in [0.1, 0.15) is 12.8 Å². The van der Waals surface area contributed by atoms with Crippen LogP contribution in [-0.4, -0.2) is 44.3 Å². The second-order valence-electron chi connectivity index (χ2n) is 5.91. The highest BCUT2D eigenvalue weighted by Gasteiger charge is 2.23. The third kappa shape index (κ3) is 4.10. The van der Waals surface area contributed by atoms with Crippen LogP contribution >= 0.6 is 11.6 Å². The Bertz CT molecular complexity index is 812. The molecule has 0 saturated carbocycles. The molecule has 1 saturated heterocycles. The molecule has 1 aromatic carbocycles. The molecule has 0 aliphatic carbocycles. The Balaban J connectivity index is 1.84. The SMILES string of the molecule is CS(=O)(=O)NCC1CCCN(c2nc(Cl)nc3ccccc23)C1. The van der Waals surface area contributed by atoms with E-state index in [2.05, 4.69) is 19.6 Å². The van der Waals surface area contributed by atoms with E-state index in [1.54, 1.807) is 0 Å². The molecule has 23 heavy (non-hydrogen) atoms. The number of para-hydroxylation sites is 1. The van der Waals surface area contributed by atoms with Crippen LogP contribution in [0.3, 0.4) is 0 Å². The molecule has 0 spiro atoms. The Kier molecular flexibility index (Phi) is 4.70. The molecular weight excluding hydrogens is 336 g/mol. The van der Waals surface area contributed by atoms with Crippen molar-refractivity contribution >= 4 is 38.3 Å². The van der Waals surface area contributed by atoms with E-state index in [4.69, 9.17) is 11.6 Å². The summed E-state index contributed by atoms with van der Waals surface area (Å²) in [5, 5.41) is 1.20. The average Bonchev–Trinajstić information content (AvgIpc) is 2.52. The number of benzene rings is 1. The van der Waals surface area contributed by atoms with E-state index < -0.39 is 10.0 Å². The van der Waals surface area contributed by atoms with Gasteiger partial charge in [0.1, 0.15) is 5.82 Å². The summed E-state index contributed by atoms with van der Waals surface area (Å²) >= 11 is 6.06. The third-order valence-corrected chi connectivity index (χ3v) is 4.87. The lowest BCUT2D eigenvalue weighted by Gasteiger charge is -2.34. The molecule has 1 unspecified atom stereocenters. The Labute approximate surface area is 140 Å². The summed E-state index contributed by atoms with van der Waals surface area (Å²) in [6.07, 6.45) is 3.17. The predicted octanol–water partition coefficient (Wildman–Crippen LogP) is 2.05. The van der Waals surface area contributed by atoms with Gasteiger partial charge in [0.05, 0.1) is 11.8 Å². The minimum absolute atomic E-state index is 0.232. The molecule has 0 bridgehead atoms. The first-order valence-electron chi connectivity index (χ1n) is 7.54. The van der Waals surface area contributed by atoms with Crippen molar-refractivity contribution in [2.75, 3.05) is 30.8 Å². The van der Waals surface area contributed by atoms with Crippen LogP contribution in [0, 0.1) is 5.92 Å². The topological polar surface area (TPSA) is 75.2 Å². The average molecular weight is 355 g/mol. The van der Waals surface area contributed by atoms with Crippen LogP contribution in [0.4, 0.5) is 5.82 Å². The quantitative estimate of drug-likeness (QED) is 0.850. The second kappa shape index (κ2) is 6.59. The smallest absolute Gasteiger partial charge is 0.224 e. The van der Waals surface area contributed by atoms with Crippen LogP contribution in [0.25, 0.3) is 10.9 Å². The molecular formula is C15H19ClN4O2S. The first-order chi connectivity index (χ1) is 10.9. The molecule has 2 aromatic rings. The van der Waals surface area contributed by atoms with Crippen LogP contribution in [-0.2, 0) is 10.0 Å². The minimum Gasteiger partial charge on any atom is -0.356 e. The van der Waals surface area contributed by atoms with E-state index >= 15 is 0 Å². The molecule has 1 aliphatic heterocycles. The highest BCUT2D eigenvalue weighted by molar-refractivity contribution is 7.88. The molecule has 124 valence electrons. The summed E-state index contributed by atoms with van der Waals surface area (Å²) in [6, 6.07) is 7.78. The fourth-order valence-corrected chi connectivity index (χ4v) is 3.68. The highest BCUT2D eigenvalue weighted by atomic mass is 35.5. The van der Waals surface area contributed by atoms with Gasteiger partial charge in [0.25, 0.3) is 0 Å². The van der Waals surface area contributed by atoms with Crippen LogP contribution in [0.5, 0.6) is 0 Å². The Morgan fingerprint density at radius 3 is 2.91 bits per heavy atom. The van der Waals surface area contributed by atoms with Crippen molar-refractivity contribution in [1.82, 2.24) is 14.7 Å². The fourth-order valence-electron chi connectivity index (χ4n) is 2.97. The number of halogens is 1. The maximum Gasteiger partial charge on any atom is 0.224 e. The van der Waals surface area contributed by atoms with Crippen LogP contribution in [0.15, 0.2) is 24.3 Å². The molecule has 2 heterocycles. The molecule has 1 atom stereocenters. The number of aromatic nitrogens is 2. The Hall–Kier alpha value is -1.44. The number of fused-ring (bicyclic) bond motifs is 1. The molecule has 1 N–H and O–H groups in total. The van der Waals surface area contributed by atoms with Gasteiger partial charge >= 0.3 is 0 Å². The second-order valence-corrected chi connectivity index (χ2v) is 8.08. The number of nitrogens with zero attached hydrogens (tertiary/aromatic N) is 3. The lowest BCUT2D eigenvalue weighted by atomic mass is 9.98. The first kappa shape index (κ1) is 16.4. The van der Waals surface area contributed by atoms with Gasteiger partial charge in [0.15, 0.2) is 0 Å². The van der Waals surface area contributed by atoms with Gasteiger partial charge in [-0.05, 0) is 42.5 Å². The molecule has 0 radical (unpaired) electrons. The summed E-state index contributed by atoms with van der Waals surface area (Å²) in [4.78, 5) is 10.8. The number of piperidine rings is 1. The van der Waals surface area contributed by atoms with Gasteiger partial charge in [0.2, 0.25) is 15.3 Å². The van der Waals surface area contributed by atoms with Crippen molar-refractivity contribution in [2.24, 2.45) is 5.92 Å². The number of hydrogen-bond donors (Lipinski definition) is 1. The number of nitrogens with one attached hydrogen (secondary N) is 1. The Morgan fingerprint density at radius 2 is 2.13 bits per heavy atom. The summed E-state index contributed by atoms with van der Waals surface area (Å²) in [6.45, 7) is 2.08. The first-order valence-corrected chi connectivity index (χ1v) is 9.81. The molecule has 6 nitrogen and oxygen atoms in total. The number of rotatable bonds is 4. The van der Waals surface area contributed by atoms with Crippen LogP contribution in [0.2, 0.25) is 5.28 Å². The maximum absolute atomic E-state index is 11.3. The van der Waals surface area contributed by atoms with Crippen molar-refractivity contribution in [2.45, 2.75) is 12.8 Å². The molecule has 3 rings (SSSR count). The van der Waals surface area contributed by atoms with E-state index in [0.29, 0.717) is 6.54 Å². The summed E-state index contributed by atoms with van der Waals surface area (Å²) in [5.74, 6) is 1.08. The van der Waals surface area contributed by atoms with Gasteiger partial charge in [0, 0.05) is 25.0 Å². The van der Waals surface area contributed by atoms with Crippen molar-refractivity contribution in [3.8, 4) is 0 Å². The molecule has 0 amide bonds. The maximum atomic E-state index is 11.3. The number of hydrogen-bond acceptors (Lipinski definition) is 5. The molecule has 1 aromatic heterocycles. The van der Waals surface area contributed by atoms with Crippen molar-refractivity contribution < 1.29 is 8.42 Å². The van der Waals surface area contributed by atoms with Gasteiger partial charge in [-0.15, -0.1) is 0 Å². The lowest BCUT2D eigenvalue weighted by molar-refractivity contribution is 0.410. The number of anilines is 1. The van der Waals surface area contributed by atoms with Gasteiger partial charge in [-0.1, -0.05) is 12.1 Å². The van der Waals surface area contributed by atoms with E-state index in [9.17, 15) is 8.42 Å². The Morgan fingerprint density at radius 1 is 1.35 bits per heavy atom. The summed E-state index contributed by atoms with van der Waals surface area (Å²) in [5.41, 5.74) is 0.818. The van der Waals surface area contributed by atoms with Gasteiger partial charge in [-0.3, -0.25) is 0 Å². The molecule has 8 heteroatoms. The monoisotopic (exact) mass is 354 g/mol. The zero-order valence-electron chi connectivity index (χ0n) is 12.9. The van der Waals surface area contributed by atoms with Crippen molar-refractivity contribution in [3.05, 3.63) is 29.5 Å². The van der Waals surface area contributed by atoms with Gasteiger partial charge in [-0.2, -0.15) is 4.98 Å². The largest absolute Gasteiger partial charge is 0.356 e. The summed E-state index contributed by atoms with van der Waals surface area (Å²) < 4.78 is 25.2. The third-order valence-electron chi connectivity index (χ3n) is 4.01. The minimum atomic E-state index is -3.16. The van der Waals surface area contributed by atoms with Gasteiger partial charge < -0.3 is 4.90 Å². The molecule has 1 aliphatic rings. The van der Waals surface area contributed by atoms with E-state index in [0.717, 1.165) is 42.7 Å². The van der Waals surface area contributed by atoms with Gasteiger partial charge in [-0.25, -0.2) is 18.1 Å². The molecule has 1 fully saturated rings. The van der Waals surface area contributed by atoms with Crippen molar-refractivity contribution in [1.29, 1.82) is 0 Å². The lowest BCUT2D eigenvalue weighted by Crippen LogP contribution is -2.41. The van der Waals surface area contributed by atoms with E-state index in [1.807, 2.05) is 24.3 Å². The zero-order chi connectivity index (χ0) is 16.4. The summed E-state index contributed by atoms with van der Waals surface area (Å²) in [7, 11) is -3.16.